The molecule has 6 atom stereocenters. The fourth-order valence-electron chi connectivity index (χ4n) is 4.68. The summed E-state index contributed by atoms with van der Waals surface area (Å²) in [4.78, 5) is 77.4. The highest BCUT2D eigenvalue weighted by Gasteiger charge is 2.32. The van der Waals surface area contributed by atoms with E-state index in [4.69, 9.17) is 28.7 Å². The minimum atomic E-state index is -1.59. The molecule has 49 heavy (non-hydrogen) atoms. The number of nitrogens with one attached hydrogen (secondary N) is 5. The molecule has 0 aromatic rings. The summed E-state index contributed by atoms with van der Waals surface area (Å²) in [5.41, 5.74) is 28.0. The van der Waals surface area contributed by atoms with Crippen LogP contribution in [0.4, 0.5) is 0 Å². The first kappa shape index (κ1) is 45.5. The Balaban J connectivity index is 6.14. The van der Waals surface area contributed by atoms with E-state index in [9.17, 15) is 44.1 Å². The summed E-state index contributed by atoms with van der Waals surface area (Å²) in [6.07, 6.45) is 4.45. The Morgan fingerprint density at radius 3 is 0.918 bits per heavy atom. The van der Waals surface area contributed by atoms with Crippen molar-refractivity contribution in [3.63, 3.8) is 0 Å². The molecule has 19 nitrogen and oxygen atoms in total. The number of carbonyl (C=O) groups is 6. The van der Waals surface area contributed by atoms with E-state index in [1.807, 2.05) is 0 Å². The van der Waals surface area contributed by atoms with Crippen LogP contribution in [0.2, 0.25) is 0 Å². The second kappa shape index (κ2) is 27.4. The summed E-state index contributed by atoms with van der Waals surface area (Å²) in [7, 11) is 0. The monoisotopic (exact) mass is 704 g/mol. The maximum atomic E-state index is 13.7. The number of carboxylic acid groups (broad SMARTS) is 1. The van der Waals surface area contributed by atoms with E-state index in [1.54, 1.807) is 0 Å². The molecule has 0 aromatic carbocycles. The van der Waals surface area contributed by atoms with Crippen LogP contribution in [0.5, 0.6) is 0 Å². The molecule has 18 N–H and O–H groups in total. The van der Waals surface area contributed by atoms with Crippen LogP contribution >= 0.6 is 0 Å². The molecule has 0 heterocycles. The standard InChI is InChI=1S/C30H60N10O9/c31-13-5-1-9-20(36-25(43)19(35)17-41)26(44)37-21(10-2-6-14-32)27(45)38-22(11-3-7-15-33)28(46)39-23(12-4-8-16-34)29(47)40-24(18-42)30(48)49/h19-24,41-42H,1-18,31-35H2,(H,36,43)(H,37,44)(H,38,45)(H,39,46)(H,40,47)(H,48,49)/t19-,20-,21-,22-,23-,24-/m0/s1. The smallest absolute Gasteiger partial charge is 0.328 e. The van der Waals surface area contributed by atoms with Crippen molar-refractivity contribution >= 4 is 35.5 Å². The van der Waals surface area contributed by atoms with Gasteiger partial charge >= 0.3 is 5.97 Å². The maximum Gasteiger partial charge on any atom is 0.328 e. The molecule has 0 aliphatic heterocycles. The number of hydrogen-bond donors (Lipinski definition) is 13. The van der Waals surface area contributed by atoms with Crippen LogP contribution < -0.4 is 55.3 Å². The van der Waals surface area contributed by atoms with Gasteiger partial charge in [0.05, 0.1) is 13.2 Å². The Bertz CT molecular complexity index is 1010. The Kier molecular flexibility index (Phi) is 25.4. The normalized spacial score (nSPS) is 14.8. The van der Waals surface area contributed by atoms with Crippen molar-refractivity contribution in [1.29, 1.82) is 0 Å². The minimum Gasteiger partial charge on any atom is -0.480 e. The zero-order valence-corrected chi connectivity index (χ0v) is 28.4. The van der Waals surface area contributed by atoms with Crippen LogP contribution in [0.15, 0.2) is 0 Å². The largest absolute Gasteiger partial charge is 0.480 e. The second-order valence-electron chi connectivity index (χ2n) is 11.8. The number of nitrogens with two attached hydrogens (primary N) is 5. The summed E-state index contributed by atoms with van der Waals surface area (Å²) in [5, 5.41) is 40.5. The number of unbranched alkanes of at least 4 members (excludes halogenated alkanes) is 4. The highest BCUT2D eigenvalue weighted by molar-refractivity contribution is 5.96. The number of carboxylic acids is 1. The lowest BCUT2D eigenvalue weighted by Crippen LogP contribution is -2.59. The summed E-state index contributed by atoms with van der Waals surface area (Å²) in [6, 6.07) is -7.47. The van der Waals surface area contributed by atoms with Crippen LogP contribution in [0.25, 0.3) is 0 Å². The van der Waals surface area contributed by atoms with E-state index >= 15 is 0 Å². The molecule has 0 radical (unpaired) electrons. The number of aliphatic hydroxyl groups excluding tert-OH is 2. The predicted octanol–water partition coefficient (Wildman–Crippen LogP) is -4.68. The van der Waals surface area contributed by atoms with E-state index in [2.05, 4.69) is 26.6 Å². The summed E-state index contributed by atoms with van der Waals surface area (Å²) < 4.78 is 0. The van der Waals surface area contributed by atoms with Gasteiger partial charge in [0.15, 0.2) is 0 Å². The van der Waals surface area contributed by atoms with Gasteiger partial charge in [-0.3, -0.25) is 24.0 Å². The van der Waals surface area contributed by atoms with Crippen LogP contribution in [0.1, 0.15) is 77.0 Å². The van der Waals surface area contributed by atoms with E-state index in [0.29, 0.717) is 77.5 Å². The number of aliphatic carboxylic acids is 1. The Morgan fingerprint density at radius 1 is 0.429 bits per heavy atom. The maximum absolute atomic E-state index is 13.7. The molecule has 0 unspecified atom stereocenters. The third kappa shape index (κ3) is 19.4. The molecule has 0 saturated heterocycles. The fourth-order valence-corrected chi connectivity index (χ4v) is 4.68. The molecule has 284 valence electrons. The zero-order valence-electron chi connectivity index (χ0n) is 28.4. The molecule has 0 bridgehead atoms. The average Bonchev–Trinajstić information content (AvgIpc) is 3.08. The van der Waals surface area contributed by atoms with E-state index in [1.165, 1.54) is 0 Å². The Hall–Kier alpha value is -3.46. The molecule has 0 aromatic heterocycles. The lowest BCUT2D eigenvalue weighted by molar-refractivity contribution is -0.143. The SMILES string of the molecule is NCCCC[C@H](NC(=O)[C@H](CCCCN)NC(=O)[C@H](CCCCN)NC(=O)[C@H](CCCCN)NC(=O)[C@@H](N)CO)C(=O)N[C@@H](CO)C(=O)O. The van der Waals surface area contributed by atoms with Crippen molar-refractivity contribution < 1.29 is 44.1 Å². The number of aliphatic hydroxyl groups is 2. The highest BCUT2D eigenvalue weighted by atomic mass is 16.4. The summed E-state index contributed by atoms with van der Waals surface area (Å²) in [5.74, 6) is -5.17. The number of rotatable bonds is 29. The third-order valence-electron chi connectivity index (χ3n) is 7.65. The quantitative estimate of drug-likeness (QED) is 0.0326. The fraction of sp³-hybridized carbons (Fsp3) is 0.800. The van der Waals surface area contributed by atoms with Gasteiger partial charge in [-0.1, -0.05) is 0 Å². The van der Waals surface area contributed by atoms with Crippen molar-refractivity contribution in [2.75, 3.05) is 39.4 Å². The van der Waals surface area contributed by atoms with Crippen molar-refractivity contribution in [3.05, 3.63) is 0 Å². The average molecular weight is 705 g/mol. The van der Waals surface area contributed by atoms with Crippen molar-refractivity contribution in [3.8, 4) is 0 Å². The van der Waals surface area contributed by atoms with Crippen molar-refractivity contribution in [1.82, 2.24) is 26.6 Å². The molecular weight excluding hydrogens is 644 g/mol. The number of carbonyl (C=O) groups excluding carboxylic acids is 5. The van der Waals surface area contributed by atoms with Gasteiger partial charge in [-0.2, -0.15) is 0 Å². The highest BCUT2D eigenvalue weighted by Crippen LogP contribution is 2.09. The van der Waals surface area contributed by atoms with Crippen molar-refractivity contribution in [2.45, 2.75) is 113 Å². The van der Waals surface area contributed by atoms with E-state index < -0.39 is 85.0 Å². The van der Waals surface area contributed by atoms with Gasteiger partial charge < -0.3 is 70.6 Å². The molecule has 0 saturated carbocycles. The van der Waals surface area contributed by atoms with Gasteiger partial charge in [-0.05, 0) is 103 Å². The van der Waals surface area contributed by atoms with E-state index in [-0.39, 0.29) is 25.7 Å². The zero-order chi connectivity index (χ0) is 37.2. The molecule has 19 heteroatoms. The van der Waals surface area contributed by atoms with Gasteiger partial charge in [0.1, 0.15) is 36.3 Å². The first-order valence-corrected chi connectivity index (χ1v) is 16.9. The number of hydrogen-bond acceptors (Lipinski definition) is 13. The molecule has 0 aliphatic carbocycles. The van der Waals surface area contributed by atoms with Crippen molar-refractivity contribution in [2.24, 2.45) is 28.7 Å². The first-order valence-electron chi connectivity index (χ1n) is 16.9. The molecule has 0 aliphatic rings. The van der Waals surface area contributed by atoms with Gasteiger partial charge in [0, 0.05) is 0 Å². The molecule has 5 amide bonds. The Labute approximate surface area is 287 Å². The molecule has 0 rings (SSSR count). The lowest BCUT2D eigenvalue weighted by Gasteiger charge is -2.27. The summed E-state index contributed by atoms with van der Waals surface area (Å²) >= 11 is 0. The number of amides is 5. The van der Waals surface area contributed by atoms with Crippen LogP contribution in [-0.2, 0) is 28.8 Å². The van der Waals surface area contributed by atoms with Crippen LogP contribution in [0, 0.1) is 0 Å². The van der Waals surface area contributed by atoms with Gasteiger partial charge in [-0.15, -0.1) is 0 Å². The predicted molar refractivity (Wildman–Crippen MR) is 181 cm³/mol. The molecule has 0 fully saturated rings. The van der Waals surface area contributed by atoms with Crippen LogP contribution in [0.3, 0.4) is 0 Å². The summed E-state index contributed by atoms with van der Waals surface area (Å²) in [6.45, 7) is -0.192. The van der Waals surface area contributed by atoms with E-state index in [0.717, 1.165) is 0 Å². The Morgan fingerprint density at radius 2 is 0.694 bits per heavy atom. The minimum absolute atomic E-state index is 0.102. The lowest BCUT2D eigenvalue weighted by atomic mass is 10.0. The first-order chi connectivity index (χ1) is 23.4. The topological polar surface area (TPSA) is 353 Å². The van der Waals surface area contributed by atoms with Gasteiger partial charge in [-0.25, -0.2) is 4.79 Å². The third-order valence-corrected chi connectivity index (χ3v) is 7.65. The molecule has 0 spiro atoms. The molecular formula is C30H60N10O9. The van der Waals surface area contributed by atoms with Gasteiger partial charge in [0.25, 0.3) is 0 Å². The second-order valence-corrected chi connectivity index (χ2v) is 11.8. The van der Waals surface area contributed by atoms with Crippen LogP contribution in [-0.4, -0.2) is 126 Å². The van der Waals surface area contributed by atoms with Gasteiger partial charge in [0.2, 0.25) is 29.5 Å².